The average molecular weight is 350 g/mol. The van der Waals surface area contributed by atoms with E-state index in [1.54, 1.807) is 0 Å². The smallest absolute Gasteiger partial charge is 0.368 e. The number of aromatic nitrogens is 6. The van der Waals surface area contributed by atoms with Crippen LogP contribution in [0.25, 0.3) is 0 Å². The van der Waals surface area contributed by atoms with Crippen molar-refractivity contribution in [2.75, 3.05) is 34.4 Å². The summed E-state index contributed by atoms with van der Waals surface area (Å²) in [5.41, 5.74) is 30.8. The molecule has 16 nitrogen and oxygen atoms in total. The quantitative estimate of drug-likeness (QED) is 0.214. The lowest BCUT2D eigenvalue weighted by Gasteiger charge is -1.93. The van der Waals surface area contributed by atoms with Gasteiger partial charge in [0.1, 0.15) is 0 Å². The Morgan fingerprint density at radius 1 is 0.522 bits per heavy atom. The van der Waals surface area contributed by atoms with Crippen LogP contribution < -0.4 is 34.4 Å². The molecular weight excluding hydrogens is 336 g/mol. The van der Waals surface area contributed by atoms with Gasteiger partial charge in [-0.25, -0.2) is 0 Å². The van der Waals surface area contributed by atoms with Crippen LogP contribution in [-0.4, -0.2) is 47.4 Å². The first-order valence-corrected chi connectivity index (χ1v) is 6.51. The molecule has 0 fully saturated rings. The lowest BCUT2D eigenvalue weighted by Crippen LogP contribution is -2.05. The first-order valence-electron chi connectivity index (χ1n) is 5.11. The molecule has 23 heavy (non-hydrogen) atoms. The third-order valence-corrected chi connectivity index (χ3v) is 1.37. The van der Waals surface area contributed by atoms with Crippen LogP contribution in [0.5, 0.6) is 0 Å². The van der Waals surface area contributed by atoms with E-state index in [1.807, 2.05) is 0 Å². The second-order valence-corrected chi connectivity index (χ2v) is 4.16. The maximum absolute atomic E-state index is 8.74. The maximum Gasteiger partial charge on any atom is 0.394 e. The van der Waals surface area contributed by atoms with Crippen molar-refractivity contribution in [2.45, 2.75) is 0 Å². The summed E-state index contributed by atoms with van der Waals surface area (Å²) in [7, 11) is -4.67. The fourth-order valence-corrected chi connectivity index (χ4v) is 0.854. The van der Waals surface area contributed by atoms with Crippen LogP contribution in [0.15, 0.2) is 0 Å². The van der Waals surface area contributed by atoms with E-state index in [0.717, 1.165) is 0 Å². The standard InChI is InChI=1S/2C3H6N6.H2O4S/c2*4-1-7-2(5)9-3(6)8-1;1-5(2,3)4/h2*(H6,4,5,6,7,8,9);(H2,1,2,3,4). The van der Waals surface area contributed by atoms with Crippen LogP contribution >= 0.6 is 0 Å². The Labute approximate surface area is 128 Å². The van der Waals surface area contributed by atoms with Crippen molar-refractivity contribution in [3.63, 3.8) is 0 Å². The molecule has 14 N–H and O–H groups in total. The molecule has 17 heteroatoms. The highest BCUT2D eigenvalue weighted by Gasteiger charge is 1.94. The van der Waals surface area contributed by atoms with Gasteiger partial charge in [0.15, 0.2) is 0 Å². The van der Waals surface area contributed by atoms with Gasteiger partial charge in [0.2, 0.25) is 35.7 Å². The van der Waals surface area contributed by atoms with Crippen molar-refractivity contribution in [2.24, 2.45) is 0 Å². The third kappa shape index (κ3) is 12.2. The molecule has 0 spiro atoms. The number of anilines is 6. The van der Waals surface area contributed by atoms with Gasteiger partial charge in [-0.15, -0.1) is 0 Å². The van der Waals surface area contributed by atoms with E-state index in [2.05, 4.69) is 29.9 Å². The van der Waals surface area contributed by atoms with E-state index < -0.39 is 10.4 Å². The molecule has 0 aliphatic heterocycles. The molecule has 0 aromatic carbocycles. The minimum Gasteiger partial charge on any atom is -0.368 e. The van der Waals surface area contributed by atoms with Crippen LogP contribution in [0.3, 0.4) is 0 Å². The van der Waals surface area contributed by atoms with Gasteiger partial charge in [0.25, 0.3) is 0 Å². The second-order valence-electron chi connectivity index (χ2n) is 3.27. The summed E-state index contributed by atoms with van der Waals surface area (Å²) in [6.45, 7) is 0. The molecule has 2 rings (SSSR count). The first kappa shape index (κ1) is 19.7. The average Bonchev–Trinajstić information content (AvgIpc) is 2.22. The number of hydrogen-bond acceptors (Lipinski definition) is 14. The van der Waals surface area contributed by atoms with E-state index in [4.69, 9.17) is 51.9 Å². The normalized spacial score (nSPS) is 9.83. The van der Waals surface area contributed by atoms with Crippen LogP contribution in [0.2, 0.25) is 0 Å². The minimum absolute atomic E-state index is 0.0417. The minimum atomic E-state index is -4.67. The van der Waals surface area contributed by atoms with Gasteiger partial charge in [-0.2, -0.15) is 38.3 Å². The molecule has 2 heterocycles. The Hall–Kier alpha value is -3.31. The van der Waals surface area contributed by atoms with E-state index in [1.165, 1.54) is 0 Å². The van der Waals surface area contributed by atoms with E-state index in [9.17, 15) is 0 Å². The number of nitrogens with two attached hydrogens (primary N) is 6. The monoisotopic (exact) mass is 350 g/mol. The Bertz CT molecular complexity index is 593. The zero-order valence-corrected chi connectivity index (χ0v) is 12.1. The summed E-state index contributed by atoms with van der Waals surface area (Å²) < 4.78 is 31.6. The van der Waals surface area contributed by atoms with Crippen molar-refractivity contribution in [3.8, 4) is 0 Å². The fourth-order valence-electron chi connectivity index (χ4n) is 0.854. The number of hydrogen-bond donors (Lipinski definition) is 8. The molecule has 0 unspecified atom stereocenters. The molecule has 0 atom stereocenters. The van der Waals surface area contributed by atoms with E-state index in [-0.39, 0.29) is 35.7 Å². The molecule has 0 bridgehead atoms. The summed E-state index contributed by atoms with van der Waals surface area (Å²) in [6, 6.07) is 0. The summed E-state index contributed by atoms with van der Waals surface area (Å²) in [5, 5.41) is 0. The lowest BCUT2D eigenvalue weighted by molar-refractivity contribution is 0.381. The Kier molecular flexibility index (Phi) is 7.03. The highest BCUT2D eigenvalue weighted by atomic mass is 32.3. The summed E-state index contributed by atoms with van der Waals surface area (Å²) in [6.07, 6.45) is 0. The van der Waals surface area contributed by atoms with Crippen LogP contribution in [0.1, 0.15) is 0 Å². The number of nitrogen functional groups attached to an aromatic ring is 6. The van der Waals surface area contributed by atoms with Crippen molar-refractivity contribution in [1.29, 1.82) is 0 Å². The van der Waals surface area contributed by atoms with Gasteiger partial charge < -0.3 is 34.4 Å². The number of rotatable bonds is 0. The topological polar surface area (TPSA) is 308 Å². The first-order chi connectivity index (χ1) is 10.4. The van der Waals surface area contributed by atoms with E-state index in [0.29, 0.717) is 0 Å². The number of nitrogens with zero attached hydrogens (tertiary/aromatic N) is 6. The molecule has 0 radical (unpaired) electrons. The van der Waals surface area contributed by atoms with Crippen molar-refractivity contribution < 1.29 is 17.5 Å². The molecule has 0 amide bonds. The highest BCUT2D eigenvalue weighted by Crippen LogP contribution is 1.98. The molecule has 2 aromatic rings. The lowest BCUT2D eigenvalue weighted by atomic mass is 10.9. The summed E-state index contributed by atoms with van der Waals surface area (Å²) in [5.74, 6) is 0.250. The van der Waals surface area contributed by atoms with Crippen molar-refractivity contribution in [3.05, 3.63) is 0 Å². The van der Waals surface area contributed by atoms with E-state index >= 15 is 0 Å². The predicted octanol–water partition coefficient (Wildman–Crippen LogP) is -3.42. The van der Waals surface area contributed by atoms with Gasteiger partial charge in [0, 0.05) is 0 Å². The molecule has 0 saturated heterocycles. The molecule has 0 aliphatic carbocycles. The highest BCUT2D eigenvalue weighted by molar-refractivity contribution is 7.79. The summed E-state index contributed by atoms with van der Waals surface area (Å²) >= 11 is 0. The largest absolute Gasteiger partial charge is 0.394 e. The van der Waals surface area contributed by atoms with Crippen LogP contribution in [0.4, 0.5) is 35.7 Å². The van der Waals surface area contributed by atoms with Crippen molar-refractivity contribution >= 4 is 46.1 Å². The Balaban J connectivity index is 0.000000332. The Morgan fingerprint density at radius 2 is 0.609 bits per heavy atom. The zero-order valence-electron chi connectivity index (χ0n) is 11.3. The molecular formula is C6H14N12O4S. The molecule has 0 aliphatic rings. The van der Waals surface area contributed by atoms with Gasteiger partial charge in [-0.05, 0) is 0 Å². The molecule has 2 aromatic heterocycles. The van der Waals surface area contributed by atoms with Gasteiger partial charge in [0.05, 0.1) is 0 Å². The summed E-state index contributed by atoms with van der Waals surface area (Å²) in [4.78, 5) is 20.9. The predicted molar refractivity (Wildman–Crippen MR) is 80.3 cm³/mol. The van der Waals surface area contributed by atoms with Gasteiger partial charge >= 0.3 is 10.4 Å². The molecule has 128 valence electrons. The van der Waals surface area contributed by atoms with Gasteiger partial charge in [-0.1, -0.05) is 0 Å². The third-order valence-electron chi connectivity index (χ3n) is 1.37. The van der Waals surface area contributed by atoms with Gasteiger partial charge in [-0.3, -0.25) is 9.11 Å². The zero-order chi connectivity index (χ0) is 18.2. The SMILES string of the molecule is Nc1nc(N)nc(N)n1.Nc1nc(N)nc(N)n1.O=S(=O)(O)O. The maximum atomic E-state index is 8.74. The van der Waals surface area contributed by atoms with Crippen LogP contribution in [0, 0.1) is 0 Å². The van der Waals surface area contributed by atoms with Crippen LogP contribution in [-0.2, 0) is 10.4 Å². The molecule has 0 saturated carbocycles. The second kappa shape index (κ2) is 8.21. The fraction of sp³-hybridized carbons (Fsp3) is 0. The van der Waals surface area contributed by atoms with Crippen molar-refractivity contribution in [1.82, 2.24) is 29.9 Å². The Morgan fingerprint density at radius 3 is 0.696 bits per heavy atom.